The van der Waals surface area contributed by atoms with Gasteiger partial charge in [-0.15, -0.1) is 0 Å². The third kappa shape index (κ3) is 2.97. The molecule has 6 nitrogen and oxygen atoms in total. The van der Waals surface area contributed by atoms with Crippen molar-refractivity contribution < 1.29 is 19.4 Å². The molecule has 0 radical (unpaired) electrons. The fourth-order valence-corrected chi connectivity index (χ4v) is 1.84. The topological polar surface area (TPSA) is 79.7 Å². The van der Waals surface area contributed by atoms with Crippen LogP contribution >= 0.6 is 0 Å². The Balaban J connectivity index is 1.81. The molecule has 0 spiro atoms. The van der Waals surface area contributed by atoms with Crippen LogP contribution in [-0.4, -0.2) is 40.1 Å². The third-order valence-electron chi connectivity index (χ3n) is 2.91. The Bertz CT molecular complexity index is 435. The van der Waals surface area contributed by atoms with E-state index in [-0.39, 0.29) is 13.2 Å². The van der Waals surface area contributed by atoms with Crippen molar-refractivity contribution in [1.29, 1.82) is 0 Å². The van der Waals surface area contributed by atoms with E-state index in [9.17, 15) is 9.59 Å². The van der Waals surface area contributed by atoms with E-state index in [0.29, 0.717) is 13.0 Å². The van der Waals surface area contributed by atoms with Crippen molar-refractivity contribution in [3.05, 3.63) is 30.1 Å². The van der Waals surface area contributed by atoms with Gasteiger partial charge in [0.15, 0.2) is 0 Å². The summed E-state index contributed by atoms with van der Waals surface area (Å²) < 4.78 is 5.11. The molecular formula is C12H14N2O4. The third-order valence-corrected chi connectivity index (χ3v) is 2.91. The first-order valence-electron chi connectivity index (χ1n) is 5.70. The number of carbonyl (C=O) groups excluding carboxylic acids is 1. The summed E-state index contributed by atoms with van der Waals surface area (Å²) in [6.45, 7) is 0.840. The van der Waals surface area contributed by atoms with Crippen molar-refractivity contribution in [2.75, 3.05) is 13.1 Å². The molecule has 0 saturated carbocycles. The molecule has 1 fully saturated rings. The summed E-state index contributed by atoms with van der Waals surface area (Å²) in [6.07, 6.45) is 3.27. The molecule has 1 unspecified atom stereocenters. The summed E-state index contributed by atoms with van der Waals surface area (Å²) >= 11 is 0. The van der Waals surface area contributed by atoms with E-state index in [2.05, 4.69) is 4.98 Å². The SMILES string of the molecule is O=C(O)C1CCN(C(=O)OCc2ccncc2)C1. The number of amides is 1. The van der Waals surface area contributed by atoms with Crippen LogP contribution in [0.5, 0.6) is 0 Å². The Hall–Kier alpha value is -2.11. The van der Waals surface area contributed by atoms with Gasteiger partial charge in [-0.2, -0.15) is 0 Å². The van der Waals surface area contributed by atoms with Crippen LogP contribution in [0.4, 0.5) is 4.79 Å². The first-order chi connectivity index (χ1) is 8.66. The number of carbonyl (C=O) groups is 2. The zero-order valence-electron chi connectivity index (χ0n) is 9.78. The van der Waals surface area contributed by atoms with Crippen LogP contribution in [0.3, 0.4) is 0 Å². The lowest BCUT2D eigenvalue weighted by atomic mass is 10.1. The number of hydrogen-bond donors (Lipinski definition) is 1. The van der Waals surface area contributed by atoms with Gasteiger partial charge in [-0.1, -0.05) is 0 Å². The van der Waals surface area contributed by atoms with Crippen LogP contribution in [-0.2, 0) is 16.1 Å². The van der Waals surface area contributed by atoms with E-state index in [1.165, 1.54) is 4.90 Å². The van der Waals surface area contributed by atoms with Gasteiger partial charge < -0.3 is 14.7 Å². The number of rotatable bonds is 3. The number of aromatic nitrogens is 1. The number of likely N-dealkylation sites (tertiary alicyclic amines) is 1. The van der Waals surface area contributed by atoms with E-state index in [1.54, 1.807) is 24.5 Å². The fraction of sp³-hybridized carbons (Fsp3) is 0.417. The highest BCUT2D eigenvalue weighted by atomic mass is 16.6. The van der Waals surface area contributed by atoms with Crippen molar-refractivity contribution in [3.8, 4) is 0 Å². The first-order valence-corrected chi connectivity index (χ1v) is 5.70. The fourth-order valence-electron chi connectivity index (χ4n) is 1.84. The normalized spacial score (nSPS) is 18.7. The Morgan fingerprint density at radius 1 is 1.44 bits per heavy atom. The summed E-state index contributed by atoms with van der Waals surface area (Å²) in [5.74, 6) is -1.34. The molecule has 1 aromatic heterocycles. The van der Waals surface area contributed by atoms with Crippen molar-refractivity contribution in [1.82, 2.24) is 9.88 Å². The Kier molecular flexibility index (Phi) is 3.76. The van der Waals surface area contributed by atoms with Crippen LogP contribution in [0, 0.1) is 5.92 Å². The average molecular weight is 250 g/mol. The van der Waals surface area contributed by atoms with Crippen molar-refractivity contribution in [2.24, 2.45) is 5.92 Å². The second-order valence-corrected chi connectivity index (χ2v) is 4.18. The summed E-state index contributed by atoms with van der Waals surface area (Å²) in [4.78, 5) is 27.7. The molecule has 1 aliphatic rings. The molecule has 0 bridgehead atoms. The lowest BCUT2D eigenvalue weighted by molar-refractivity contribution is -0.141. The van der Waals surface area contributed by atoms with Crippen molar-refractivity contribution in [3.63, 3.8) is 0 Å². The minimum atomic E-state index is -0.862. The van der Waals surface area contributed by atoms with Crippen molar-refractivity contribution >= 4 is 12.1 Å². The largest absolute Gasteiger partial charge is 0.481 e. The molecule has 0 aromatic carbocycles. The van der Waals surface area contributed by atoms with E-state index < -0.39 is 18.0 Å². The van der Waals surface area contributed by atoms with E-state index >= 15 is 0 Å². The summed E-state index contributed by atoms with van der Waals surface area (Å²) in [5, 5.41) is 8.83. The predicted octanol–water partition coefficient (Wildman–Crippen LogP) is 1.12. The van der Waals surface area contributed by atoms with Gasteiger partial charge in [-0.3, -0.25) is 9.78 Å². The molecule has 2 rings (SSSR count). The second-order valence-electron chi connectivity index (χ2n) is 4.18. The monoisotopic (exact) mass is 250 g/mol. The first kappa shape index (κ1) is 12.3. The van der Waals surface area contributed by atoms with Gasteiger partial charge in [0.1, 0.15) is 6.61 Å². The maximum Gasteiger partial charge on any atom is 0.410 e. The maximum atomic E-state index is 11.7. The zero-order chi connectivity index (χ0) is 13.0. The lowest BCUT2D eigenvalue weighted by Crippen LogP contribution is -2.30. The number of pyridine rings is 1. The number of aliphatic carboxylic acids is 1. The molecule has 1 atom stereocenters. The lowest BCUT2D eigenvalue weighted by Gasteiger charge is -2.15. The summed E-state index contributed by atoms with van der Waals surface area (Å²) in [5.41, 5.74) is 0.854. The molecule has 18 heavy (non-hydrogen) atoms. The van der Waals surface area contributed by atoms with Crippen molar-refractivity contribution in [2.45, 2.75) is 13.0 Å². The smallest absolute Gasteiger partial charge is 0.410 e. The highest BCUT2D eigenvalue weighted by Crippen LogP contribution is 2.17. The highest BCUT2D eigenvalue weighted by Gasteiger charge is 2.31. The molecular weight excluding hydrogens is 236 g/mol. The molecule has 1 aromatic rings. The van der Waals surface area contributed by atoms with Crippen LogP contribution in [0.2, 0.25) is 0 Å². The standard InChI is InChI=1S/C12H14N2O4/c15-11(16)10-3-6-14(7-10)12(17)18-8-9-1-4-13-5-2-9/h1-2,4-5,10H,3,6-8H2,(H,15,16). The molecule has 96 valence electrons. The predicted molar refractivity (Wildman–Crippen MR) is 61.7 cm³/mol. The molecule has 1 N–H and O–H groups in total. The van der Waals surface area contributed by atoms with Gasteiger partial charge in [0, 0.05) is 25.5 Å². The Labute approximate surface area is 104 Å². The van der Waals surface area contributed by atoms with Crippen LogP contribution in [0.15, 0.2) is 24.5 Å². The molecule has 6 heteroatoms. The van der Waals surface area contributed by atoms with Gasteiger partial charge in [-0.25, -0.2) is 4.79 Å². The van der Waals surface area contributed by atoms with Gasteiger partial charge in [-0.05, 0) is 24.1 Å². The zero-order valence-corrected chi connectivity index (χ0v) is 9.78. The van der Waals surface area contributed by atoms with Crippen LogP contribution < -0.4 is 0 Å². The quantitative estimate of drug-likeness (QED) is 0.869. The molecule has 2 heterocycles. The molecule has 1 aliphatic heterocycles. The van der Waals surface area contributed by atoms with Gasteiger partial charge in [0.2, 0.25) is 0 Å². The summed E-state index contributed by atoms with van der Waals surface area (Å²) in [6, 6.07) is 3.52. The van der Waals surface area contributed by atoms with Gasteiger partial charge in [0.25, 0.3) is 0 Å². The number of carboxylic acids is 1. The molecule has 1 saturated heterocycles. The van der Waals surface area contributed by atoms with E-state index in [4.69, 9.17) is 9.84 Å². The van der Waals surface area contributed by atoms with Crippen LogP contribution in [0.25, 0.3) is 0 Å². The Morgan fingerprint density at radius 3 is 2.78 bits per heavy atom. The minimum Gasteiger partial charge on any atom is -0.481 e. The van der Waals surface area contributed by atoms with E-state index in [0.717, 1.165) is 5.56 Å². The number of carboxylic acid groups (broad SMARTS) is 1. The average Bonchev–Trinajstić information content (AvgIpc) is 2.87. The molecule has 1 amide bonds. The van der Waals surface area contributed by atoms with Gasteiger partial charge >= 0.3 is 12.1 Å². The Morgan fingerprint density at radius 2 is 2.17 bits per heavy atom. The maximum absolute atomic E-state index is 11.7. The summed E-state index contributed by atoms with van der Waals surface area (Å²) in [7, 11) is 0. The van der Waals surface area contributed by atoms with Gasteiger partial charge in [0.05, 0.1) is 5.92 Å². The second kappa shape index (κ2) is 5.48. The van der Waals surface area contributed by atoms with E-state index in [1.807, 2.05) is 0 Å². The highest BCUT2D eigenvalue weighted by molar-refractivity contribution is 5.74. The number of hydrogen-bond acceptors (Lipinski definition) is 4. The minimum absolute atomic E-state index is 0.176. The number of ether oxygens (including phenoxy) is 1. The van der Waals surface area contributed by atoms with Crippen LogP contribution in [0.1, 0.15) is 12.0 Å². The molecule has 0 aliphatic carbocycles. The number of nitrogens with zero attached hydrogens (tertiary/aromatic N) is 2.